The van der Waals surface area contributed by atoms with Gasteiger partial charge in [0.25, 0.3) is 0 Å². The average Bonchev–Trinajstić information content (AvgIpc) is 3.46. The summed E-state index contributed by atoms with van der Waals surface area (Å²) in [4.78, 5) is 29.4. The van der Waals surface area contributed by atoms with Crippen molar-refractivity contribution < 1.29 is 15.0 Å². The predicted octanol–water partition coefficient (Wildman–Crippen LogP) is 3.49. The Labute approximate surface area is 202 Å². The van der Waals surface area contributed by atoms with Gasteiger partial charge in [-0.2, -0.15) is 0 Å². The van der Waals surface area contributed by atoms with E-state index in [4.69, 9.17) is 9.97 Å². The highest BCUT2D eigenvalue weighted by Gasteiger charge is 2.38. The summed E-state index contributed by atoms with van der Waals surface area (Å²) in [6.07, 6.45) is 5.53. The van der Waals surface area contributed by atoms with Gasteiger partial charge in [-0.15, -0.1) is 11.3 Å². The molecule has 34 heavy (non-hydrogen) atoms. The average molecular weight is 480 g/mol. The second-order valence-electron chi connectivity index (χ2n) is 9.25. The number of aromatic nitrogens is 3. The van der Waals surface area contributed by atoms with Crippen LogP contribution in [-0.4, -0.2) is 61.3 Å². The summed E-state index contributed by atoms with van der Waals surface area (Å²) in [5.74, 6) is 1.67. The lowest BCUT2D eigenvalue weighted by Crippen LogP contribution is -2.37. The Morgan fingerprint density at radius 1 is 1.12 bits per heavy atom. The molecule has 1 aliphatic heterocycles. The summed E-state index contributed by atoms with van der Waals surface area (Å²) in [7, 11) is 0. The number of pyridine rings is 2. The molecule has 8 nitrogen and oxygen atoms in total. The number of aryl methyl sites for hydroxylation is 1. The Morgan fingerprint density at radius 3 is 2.74 bits per heavy atom. The van der Waals surface area contributed by atoms with Crippen LogP contribution in [0.4, 0.5) is 11.6 Å². The molecule has 1 aliphatic carbocycles. The van der Waals surface area contributed by atoms with Crippen molar-refractivity contribution >= 4 is 28.9 Å². The third kappa shape index (κ3) is 4.96. The number of amides is 1. The summed E-state index contributed by atoms with van der Waals surface area (Å²) in [5, 5.41) is 23.9. The lowest BCUT2D eigenvalue weighted by Gasteiger charge is -2.30. The summed E-state index contributed by atoms with van der Waals surface area (Å²) >= 11 is 1.63. The SMILES string of the molecule is Cc1ccnc(Nc2cccc(-c3cnc(C4CCCC(C(=O)N5C[C@@H](O)[C@@H](O)C5)C4)s3)n2)c1. The molecule has 4 heterocycles. The van der Waals surface area contributed by atoms with E-state index in [1.54, 1.807) is 22.4 Å². The molecule has 3 N–H and O–H groups in total. The summed E-state index contributed by atoms with van der Waals surface area (Å²) < 4.78 is 0. The lowest BCUT2D eigenvalue weighted by atomic mass is 9.81. The minimum Gasteiger partial charge on any atom is -0.388 e. The highest BCUT2D eigenvalue weighted by molar-refractivity contribution is 7.15. The number of nitrogens with zero attached hydrogens (tertiary/aromatic N) is 4. The van der Waals surface area contributed by atoms with Crippen molar-refractivity contribution in [2.24, 2.45) is 5.92 Å². The zero-order valence-electron chi connectivity index (χ0n) is 19.1. The van der Waals surface area contributed by atoms with Crippen molar-refractivity contribution in [2.75, 3.05) is 18.4 Å². The minimum atomic E-state index is -0.843. The van der Waals surface area contributed by atoms with Gasteiger partial charge in [-0.3, -0.25) is 4.79 Å². The fourth-order valence-corrected chi connectivity index (χ4v) is 5.85. The van der Waals surface area contributed by atoms with E-state index in [1.165, 1.54) is 0 Å². The van der Waals surface area contributed by atoms with Crippen LogP contribution < -0.4 is 5.32 Å². The monoisotopic (exact) mass is 479 g/mol. The summed E-state index contributed by atoms with van der Waals surface area (Å²) in [6, 6.07) is 9.79. The molecule has 2 unspecified atom stereocenters. The normalized spacial score (nSPS) is 24.9. The molecule has 178 valence electrons. The van der Waals surface area contributed by atoms with Gasteiger partial charge in [0.05, 0.1) is 27.8 Å². The van der Waals surface area contributed by atoms with E-state index in [9.17, 15) is 15.0 Å². The minimum absolute atomic E-state index is 0.0438. The zero-order valence-corrected chi connectivity index (χ0v) is 19.9. The van der Waals surface area contributed by atoms with Crippen molar-refractivity contribution in [3.63, 3.8) is 0 Å². The van der Waals surface area contributed by atoms with Crippen molar-refractivity contribution in [3.8, 4) is 10.6 Å². The summed E-state index contributed by atoms with van der Waals surface area (Å²) in [6.45, 7) is 2.46. The van der Waals surface area contributed by atoms with Crippen molar-refractivity contribution in [1.82, 2.24) is 19.9 Å². The number of carbonyl (C=O) groups is 1. The van der Waals surface area contributed by atoms with E-state index in [0.717, 1.165) is 58.5 Å². The highest BCUT2D eigenvalue weighted by atomic mass is 32.1. The Morgan fingerprint density at radius 2 is 1.94 bits per heavy atom. The maximum Gasteiger partial charge on any atom is 0.225 e. The van der Waals surface area contributed by atoms with Gasteiger partial charge in [0.15, 0.2) is 0 Å². The Bertz CT molecular complexity index is 1160. The largest absolute Gasteiger partial charge is 0.388 e. The third-order valence-electron chi connectivity index (χ3n) is 6.64. The molecule has 0 spiro atoms. The molecule has 0 aromatic carbocycles. The maximum absolute atomic E-state index is 13.0. The van der Waals surface area contributed by atoms with Gasteiger partial charge in [-0.05, 0) is 56.0 Å². The molecule has 1 saturated heterocycles. The van der Waals surface area contributed by atoms with Crippen LogP contribution in [0.15, 0.2) is 42.7 Å². The molecule has 5 rings (SSSR count). The van der Waals surface area contributed by atoms with Gasteiger partial charge in [0.2, 0.25) is 5.91 Å². The number of anilines is 2. The van der Waals surface area contributed by atoms with Gasteiger partial charge in [0, 0.05) is 37.3 Å². The Hall–Kier alpha value is -2.88. The van der Waals surface area contributed by atoms with Crippen LogP contribution in [0.2, 0.25) is 0 Å². The number of hydrogen-bond acceptors (Lipinski definition) is 8. The molecule has 2 fully saturated rings. The molecular formula is C25H29N5O3S. The van der Waals surface area contributed by atoms with E-state index in [1.807, 2.05) is 43.5 Å². The first-order valence-electron chi connectivity index (χ1n) is 11.7. The predicted molar refractivity (Wildman–Crippen MR) is 131 cm³/mol. The number of hydrogen-bond donors (Lipinski definition) is 3. The van der Waals surface area contributed by atoms with E-state index in [2.05, 4.69) is 10.3 Å². The van der Waals surface area contributed by atoms with Crippen molar-refractivity contribution in [2.45, 2.75) is 50.7 Å². The van der Waals surface area contributed by atoms with E-state index in [-0.39, 0.29) is 30.8 Å². The first-order valence-corrected chi connectivity index (χ1v) is 12.6. The first kappa shape index (κ1) is 22.9. The molecule has 4 atom stereocenters. The Kier molecular flexibility index (Phi) is 6.58. The van der Waals surface area contributed by atoms with Gasteiger partial charge in [-0.1, -0.05) is 12.5 Å². The standard InChI is InChI=1S/C25H29N5O3S/c1-15-8-9-26-23(10-15)29-22-7-3-6-18(28-22)21-12-27-24(34-21)16-4-2-5-17(11-16)25(33)30-13-19(31)20(32)14-30/h3,6-10,12,16-17,19-20,31-32H,2,4-5,11,13-14H2,1H3,(H,26,28,29)/t16?,17?,19-,20+. The second kappa shape index (κ2) is 9.77. The second-order valence-corrected chi connectivity index (χ2v) is 10.3. The quantitative estimate of drug-likeness (QED) is 0.514. The molecule has 2 aliphatic rings. The molecule has 1 amide bonds. The number of β-amino-alcohol motifs (C(OH)–C–C–N with tert-alkyl or cyclic N) is 2. The lowest BCUT2D eigenvalue weighted by molar-refractivity contribution is -0.136. The smallest absolute Gasteiger partial charge is 0.225 e. The zero-order chi connectivity index (χ0) is 23.7. The van der Waals surface area contributed by atoms with Crippen LogP contribution >= 0.6 is 11.3 Å². The fraction of sp³-hybridized carbons (Fsp3) is 0.440. The van der Waals surface area contributed by atoms with Gasteiger partial charge in [-0.25, -0.2) is 15.0 Å². The van der Waals surface area contributed by atoms with Crippen LogP contribution in [0.5, 0.6) is 0 Å². The van der Waals surface area contributed by atoms with Gasteiger partial charge >= 0.3 is 0 Å². The molecular weight excluding hydrogens is 450 g/mol. The van der Waals surface area contributed by atoms with Crippen LogP contribution in [0.1, 0.15) is 42.2 Å². The van der Waals surface area contributed by atoms with Crippen LogP contribution in [0, 0.1) is 12.8 Å². The summed E-state index contributed by atoms with van der Waals surface area (Å²) in [5.41, 5.74) is 1.98. The van der Waals surface area contributed by atoms with Crippen LogP contribution in [-0.2, 0) is 4.79 Å². The molecule has 0 radical (unpaired) electrons. The van der Waals surface area contributed by atoms with Crippen molar-refractivity contribution in [1.29, 1.82) is 0 Å². The molecule has 0 bridgehead atoms. The number of thiazole rings is 1. The van der Waals surface area contributed by atoms with Crippen LogP contribution in [0.3, 0.4) is 0 Å². The molecule has 3 aromatic rings. The van der Waals surface area contributed by atoms with E-state index < -0.39 is 12.2 Å². The number of carbonyl (C=O) groups excluding carboxylic acids is 1. The number of likely N-dealkylation sites (tertiary alicyclic amines) is 1. The third-order valence-corrected chi connectivity index (χ3v) is 7.82. The number of aliphatic hydroxyl groups excluding tert-OH is 2. The molecule has 9 heteroatoms. The number of rotatable bonds is 5. The number of nitrogens with one attached hydrogen (secondary N) is 1. The van der Waals surface area contributed by atoms with E-state index in [0.29, 0.717) is 0 Å². The first-order chi connectivity index (χ1) is 16.5. The molecule has 1 saturated carbocycles. The van der Waals surface area contributed by atoms with Crippen molar-refractivity contribution in [3.05, 3.63) is 53.3 Å². The topological polar surface area (TPSA) is 111 Å². The van der Waals surface area contributed by atoms with Crippen LogP contribution in [0.25, 0.3) is 10.6 Å². The van der Waals surface area contributed by atoms with Gasteiger partial charge in [0.1, 0.15) is 11.6 Å². The Balaban J connectivity index is 1.27. The maximum atomic E-state index is 13.0. The van der Waals surface area contributed by atoms with Gasteiger partial charge < -0.3 is 20.4 Å². The fourth-order valence-electron chi connectivity index (χ4n) is 4.82. The molecule has 3 aromatic heterocycles. The highest BCUT2D eigenvalue weighted by Crippen LogP contribution is 2.40. The van der Waals surface area contributed by atoms with E-state index >= 15 is 0 Å². The number of aliphatic hydroxyl groups is 2.